The number of rotatable bonds is 3. The summed E-state index contributed by atoms with van der Waals surface area (Å²) < 4.78 is 14.2. The lowest BCUT2D eigenvalue weighted by atomic mass is 10.1. The Hall–Kier alpha value is -2.37. The summed E-state index contributed by atoms with van der Waals surface area (Å²) in [5.41, 5.74) is 1.40. The lowest BCUT2D eigenvalue weighted by Gasteiger charge is -2.20. The first kappa shape index (κ1) is 12.7. The molecule has 0 atom stereocenters. The molecule has 6 heteroatoms. The normalized spacial score (nSPS) is 14.8. The van der Waals surface area contributed by atoms with Crippen LogP contribution >= 0.6 is 0 Å². The summed E-state index contributed by atoms with van der Waals surface area (Å²) in [5, 5.41) is 15.3. The van der Waals surface area contributed by atoms with E-state index in [9.17, 15) is 9.18 Å². The number of halogens is 1. The highest BCUT2D eigenvalue weighted by molar-refractivity contribution is 5.88. The summed E-state index contributed by atoms with van der Waals surface area (Å²) in [4.78, 5) is 13.0. The fraction of sp³-hybridized carbons (Fsp3) is 0.286. The predicted molar refractivity (Wildman–Crippen MR) is 72.4 cm³/mol. The molecule has 1 saturated heterocycles. The van der Waals surface area contributed by atoms with Crippen LogP contribution in [0.3, 0.4) is 0 Å². The minimum absolute atomic E-state index is 0.0457. The molecular formula is C14H14FN3O2. The largest absolute Gasteiger partial charge is 0.477 e. The molecule has 0 aliphatic carbocycles. The molecule has 1 fully saturated rings. The van der Waals surface area contributed by atoms with E-state index < -0.39 is 11.8 Å². The van der Waals surface area contributed by atoms with E-state index in [4.69, 9.17) is 5.11 Å². The number of carboxylic acids is 1. The van der Waals surface area contributed by atoms with Crippen LogP contribution in [-0.4, -0.2) is 34.4 Å². The van der Waals surface area contributed by atoms with Crippen molar-refractivity contribution in [1.82, 2.24) is 10.2 Å². The molecular weight excluding hydrogens is 261 g/mol. The van der Waals surface area contributed by atoms with Gasteiger partial charge in [-0.25, -0.2) is 9.18 Å². The molecule has 20 heavy (non-hydrogen) atoms. The second-order valence-electron chi connectivity index (χ2n) is 4.80. The summed E-state index contributed by atoms with van der Waals surface area (Å²) in [7, 11) is 0. The molecule has 104 valence electrons. The van der Waals surface area contributed by atoms with E-state index in [1.807, 2.05) is 6.07 Å². The van der Waals surface area contributed by atoms with Crippen molar-refractivity contribution in [3.63, 3.8) is 0 Å². The van der Waals surface area contributed by atoms with E-state index in [1.165, 1.54) is 12.1 Å². The summed E-state index contributed by atoms with van der Waals surface area (Å²) in [6.07, 6.45) is 2.16. The number of nitrogens with one attached hydrogen (secondary N) is 1. The van der Waals surface area contributed by atoms with Gasteiger partial charge in [0.15, 0.2) is 0 Å². The van der Waals surface area contributed by atoms with Crippen LogP contribution in [0.2, 0.25) is 0 Å². The highest BCUT2D eigenvalue weighted by Gasteiger charge is 2.21. The number of benzene rings is 1. The molecule has 1 aliphatic heterocycles. The van der Waals surface area contributed by atoms with Gasteiger partial charge in [-0.2, -0.15) is 5.10 Å². The third-order valence-corrected chi connectivity index (χ3v) is 3.50. The zero-order chi connectivity index (χ0) is 14.1. The van der Waals surface area contributed by atoms with Crippen LogP contribution in [0.25, 0.3) is 11.3 Å². The second-order valence-corrected chi connectivity index (χ2v) is 4.80. The van der Waals surface area contributed by atoms with E-state index in [0.29, 0.717) is 11.3 Å². The molecule has 2 N–H and O–H groups in total. The second kappa shape index (κ2) is 4.96. The Bertz CT molecular complexity index is 648. The van der Waals surface area contributed by atoms with Gasteiger partial charge in [-0.1, -0.05) is 6.07 Å². The maximum atomic E-state index is 14.2. The maximum Gasteiger partial charge on any atom is 0.353 e. The molecule has 0 spiro atoms. The van der Waals surface area contributed by atoms with Gasteiger partial charge in [0, 0.05) is 18.8 Å². The van der Waals surface area contributed by atoms with Gasteiger partial charge in [-0.3, -0.25) is 5.10 Å². The molecule has 5 nitrogen and oxygen atoms in total. The van der Waals surface area contributed by atoms with Crippen molar-refractivity contribution in [2.24, 2.45) is 0 Å². The Morgan fingerprint density at radius 2 is 2.10 bits per heavy atom. The Morgan fingerprint density at radius 1 is 1.35 bits per heavy atom. The molecule has 0 bridgehead atoms. The highest BCUT2D eigenvalue weighted by Crippen LogP contribution is 2.34. The molecule has 1 aromatic carbocycles. The minimum atomic E-state index is -1.11. The highest BCUT2D eigenvalue weighted by atomic mass is 19.1. The number of carboxylic acid groups (broad SMARTS) is 1. The number of H-pyrrole nitrogens is 1. The predicted octanol–water partition coefficient (Wildman–Crippen LogP) is 2.51. The van der Waals surface area contributed by atoms with Crippen molar-refractivity contribution in [3.8, 4) is 11.3 Å². The molecule has 0 unspecified atom stereocenters. The van der Waals surface area contributed by atoms with E-state index >= 15 is 0 Å². The topological polar surface area (TPSA) is 69.2 Å². The molecule has 2 heterocycles. The van der Waals surface area contributed by atoms with Crippen molar-refractivity contribution in [3.05, 3.63) is 35.8 Å². The zero-order valence-corrected chi connectivity index (χ0v) is 10.8. The monoisotopic (exact) mass is 275 g/mol. The van der Waals surface area contributed by atoms with Gasteiger partial charge in [0.2, 0.25) is 0 Å². The van der Waals surface area contributed by atoms with Crippen LogP contribution in [-0.2, 0) is 0 Å². The van der Waals surface area contributed by atoms with E-state index in [2.05, 4.69) is 15.1 Å². The SMILES string of the molecule is O=C(O)c1cc(-c2c(F)cccc2N2CCCC2)n[nH]1. The van der Waals surface area contributed by atoms with Crippen molar-refractivity contribution >= 4 is 11.7 Å². The van der Waals surface area contributed by atoms with Crippen LogP contribution in [0.1, 0.15) is 23.3 Å². The van der Waals surface area contributed by atoms with Crippen LogP contribution in [0.4, 0.5) is 10.1 Å². The van der Waals surface area contributed by atoms with Gasteiger partial charge >= 0.3 is 5.97 Å². The summed E-state index contributed by atoms with van der Waals surface area (Å²) in [6.45, 7) is 1.76. The molecule has 0 saturated carbocycles. The van der Waals surface area contributed by atoms with Crippen LogP contribution in [0.15, 0.2) is 24.3 Å². The number of carbonyl (C=O) groups is 1. The molecule has 1 aromatic heterocycles. The Balaban J connectivity index is 2.08. The van der Waals surface area contributed by atoms with E-state index in [1.54, 1.807) is 6.07 Å². The van der Waals surface area contributed by atoms with Crippen LogP contribution in [0.5, 0.6) is 0 Å². The van der Waals surface area contributed by atoms with Crippen molar-refractivity contribution in [2.75, 3.05) is 18.0 Å². The zero-order valence-electron chi connectivity index (χ0n) is 10.8. The average Bonchev–Trinajstić information content (AvgIpc) is 3.10. The van der Waals surface area contributed by atoms with E-state index in [0.717, 1.165) is 31.6 Å². The van der Waals surface area contributed by atoms with Gasteiger partial charge in [0.25, 0.3) is 0 Å². The number of aromatic carboxylic acids is 1. The third-order valence-electron chi connectivity index (χ3n) is 3.50. The Kier molecular flexibility index (Phi) is 3.14. The van der Waals surface area contributed by atoms with Crippen LogP contribution < -0.4 is 4.90 Å². The Morgan fingerprint density at radius 3 is 2.75 bits per heavy atom. The fourth-order valence-corrected chi connectivity index (χ4v) is 2.55. The van der Waals surface area contributed by atoms with Gasteiger partial charge in [-0.05, 0) is 31.0 Å². The number of aromatic amines is 1. The molecule has 2 aromatic rings. The lowest BCUT2D eigenvalue weighted by molar-refractivity contribution is 0.0690. The number of hydrogen-bond acceptors (Lipinski definition) is 3. The molecule has 0 amide bonds. The Labute approximate surface area is 115 Å². The minimum Gasteiger partial charge on any atom is -0.477 e. The molecule has 1 aliphatic rings. The third kappa shape index (κ3) is 2.13. The molecule has 0 radical (unpaired) electrons. The first-order valence-electron chi connectivity index (χ1n) is 6.49. The van der Waals surface area contributed by atoms with E-state index in [-0.39, 0.29) is 5.69 Å². The number of anilines is 1. The summed E-state index contributed by atoms with van der Waals surface area (Å²) in [6, 6.07) is 6.24. The smallest absolute Gasteiger partial charge is 0.353 e. The number of hydrogen-bond donors (Lipinski definition) is 2. The van der Waals surface area contributed by atoms with Crippen molar-refractivity contribution in [2.45, 2.75) is 12.8 Å². The number of nitrogens with zero attached hydrogens (tertiary/aromatic N) is 2. The van der Waals surface area contributed by atoms with Crippen molar-refractivity contribution < 1.29 is 14.3 Å². The maximum absolute atomic E-state index is 14.2. The van der Waals surface area contributed by atoms with Crippen LogP contribution in [0, 0.1) is 5.82 Å². The summed E-state index contributed by atoms with van der Waals surface area (Å²) >= 11 is 0. The lowest BCUT2D eigenvalue weighted by Crippen LogP contribution is -2.18. The average molecular weight is 275 g/mol. The first-order valence-corrected chi connectivity index (χ1v) is 6.49. The quantitative estimate of drug-likeness (QED) is 0.903. The van der Waals surface area contributed by atoms with Gasteiger partial charge in [0.05, 0.1) is 11.3 Å². The summed E-state index contributed by atoms with van der Waals surface area (Å²) in [5.74, 6) is -1.50. The van der Waals surface area contributed by atoms with Gasteiger partial charge in [0.1, 0.15) is 11.5 Å². The van der Waals surface area contributed by atoms with Gasteiger partial charge in [-0.15, -0.1) is 0 Å². The number of aromatic nitrogens is 2. The van der Waals surface area contributed by atoms with Crippen molar-refractivity contribution in [1.29, 1.82) is 0 Å². The molecule has 3 rings (SSSR count). The standard InChI is InChI=1S/C14H14FN3O2/c15-9-4-3-5-12(18-6-1-2-7-18)13(9)10-8-11(14(19)20)17-16-10/h3-5,8H,1-2,6-7H2,(H,16,17)(H,19,20). The fourth-order valence-electron chi connectivity index (χ4n) is 2.55. The first-order chi connectivity index (χ1) is 9.66. The van der Waals surface area contributed by atoms with Gasteiger partial charge < -0.3 is 10.0 Å².